The van der Waals surface area contributed by atoms with Crippen molar-refractivity contribution in [3.05, 3.63) is 62.9 Å². The second-order valence-corrected chi connectivity index (χ2v) is 6.42. The molecule has 1 aromatic heterocycles. The zero-order valence-corrected chi connectivity index (χ0v) is 16.0. The molecule has 0 spiro atoms. The Bertz CT molecular complexity index is 996. The molecule has 2 aromatic rings. The number of aromatic amines is 1. The van der Waals surface area contributed by atoms with Gasteiger partial charge in [-0.15, -0.1) is 0 Å². The van der Waals surface area contributed by atoms with Gasteiger partial charge in [0.05, 0.1) is 17.1 Å². The van der Waals surface area contributed by atoms with Gasteiger partial charge in [-0.1, -0.05) is 35.9 Å². The first kappa shape index (κ1) is 20.6. The molecule has 3 N–H and O–H groups in total. The molecule has 0 fully saturated rings. The molecule has 1 amide bonds. The lowest BCUT2D eigenvalue weighted by Crippen LogP contribution is -2.26. The number of hydrogen-bond acceptors (Lipinski definition) is 3. The van der Waals surface area contributed by atoms with Crippen molar-refractivity contribution in [3.63, 3.8) is 0 Å². The monoisotopic (exact) mass is 408 g/mol. The van der Waals surface area contributed by atoms with E-state index in [1.54, 1.807) is 37.4 Å². The van der Waals surface area contributed by atoms with Gasteiger partial charge in [0.2, 0.25) is 0 Å². The molecule has 0 unspecified atom stereocenters. The van der Waals surface area contributed by atoms with Crippen LogP contribution in [0.2, 0.25) is 10.0 Å². The summed E-state index contributed by atoms with van der Waals surface area (Å²) in [6.45, 7) is 5.29. The molecule has 0 saturated carbocycles. The quantitative estimate of drug-likeness (QED) is 0.614. The largest absolute Gasteiger partial charge is 0.484 e. The summed E-state index contributed by atoms with van der Waals surface area (Å²) in [5, 5.41) is 13.7. The van der Waals surface area contributed by atoms with Gasteiger partial charge in [0, 0.05) is 22.6 Å². The third-order valence-electron chi connectivity index (χ3n) is 3.57. The van der Waals surface area contributed by atoms with E-state index in [1.165, 1.54) is 6.07 Å². The number of carboxylic acid groups (broad SMARTS) is 1. The highest BCUT2D eigenvalue weighted by Crippen LogP contribution is 2.25. The van der Waals surface area contributed by atoms with Gasteiger partial charge in [0.15, 0.2) is 6.61 Å². The molecule has 0 saturated heterocycles. The predicted octanol–water partition coefficient (Wildman–Crippen LogP) is 2.70. The number of aliphatic carboxylic acids is 1. The van der Waals surface area contributed by atoms with Crippen LogP contribution in [-0.2, 0) is 20.7 Å². The molecule has 8 heteroatoms. The lowest BCUT2D eigenvalue weighted by Gasteiger charge is -2.08. The minimum Gasteiger partial charge on any atom is -0.484 e. The normalized spacial score (nSPS) is 12.1. The van der Waals surface area contributed by atoms with Crippen LogP contribution in [0.5, 0.6) is 0 Å². The Morgan fingerprint density at radius 3 is 2.74 bits per heavy atom. The lowest BCUT2D eigenvalue weighted by atomic mass is 10.2. The number of amides is 1. The van der Waals surface area contributed by atoms with Crippen molar-refractivity contribution in [2.45, 2.75) is 13.3 Å². The number of hydrogen-bond donors (Lipinski definition) is 3. The fraction of sp³-hybridized carbons (Fsp3) is 0.158. The van der Waals surface area contributed by atoms with E-state index < -0.39 is 11.9 Å². The van der Waals surface area contributed by atoms with Crippen molar-refractivity contribution in [1.29, 1.82) is 0 Å². The molecule has 6 nitrogen and oxygen atoms in total. The Labute approximate surface area is 165 Å². The minimum absolute atomic E-state index is 0.0956. The van der Waals surface area contributed by atoms with Crippen LogP contribution in [0, 0.1) is 0 Å². The maximum absolute atomic E-state index is 12.0. The number of ether oxygens (including phenoxy) is 1. The highest BCUT2D eigenvalue weighted by Gasteiger charge is 2.08. The first-order chi connectivity index (χ1) is 12.8. The third kappa shape index (κ3) is 5.91. The van der Waals surface area contributed by atoms with E-state index in [0.717, 1.165) is 5.22 Å². The molecule has 142 valence electrons. The van der Waals surface area contributed by atoms with E-state index in [9.17, 15) is 9.59 Å². The molecule has 0 aliphatic carbocycles. The molecule has 1 aromatic carbocycles. The smallest absolute Gasteiger partial charge is 0.307 e. The highest BCUT2D eigenvalue weighted by atomic mass is 35.5. The van der Waals surface area contributed by atoms with Gasteiger partial charge in [-0.3, -0.25) is 9.59 Å². The maximum atomic E-state index is 12.0. The van der Waals surface area contributed by atoms with Crippen LogP contribution in [-0.4, -0.2) is 28.6 Å². The molecule has 0 aliphatic heterocycles. The molecule has 0 bridgehead atoms. The summed E-state index contributed by atoms with van der Waals surface area (Å²) in [5.41, 5.74) is 1.08. The van der Waals surface area contributed by atoms with Crippen molar-refractivity contribution in [1.82, 2.24) is 4.98 Å². The lowest BCUT2D eigenvalue weighted by molar-refractivity contribution is -0.136. The number of benzene rings is 1. The van der Waals surface area contributed by atoms with Crippen LogP contribution in [0.25, 0.3) is 12.2 Å². The minimum atomic E-state index is -0.920. The van der Waals surface area contributed by atoms with Gasteiger partial charge in [-0.25, -0.2) is 0 Å². The average molecular weight is 409 g/mol. The summed E-state index contributed by atoms with van der Waals surface area (Å²) in [6, 6.07) is 4.73. The molecule has 2 rings (SSSR count). The second kappa shape index (κ2) is 9.30. The predicted molar refractivity (Wildman–Crippen MR) is 106 cm³/mol. The Morgan fingerprint density at radius 2 is 2.11 bits per heavy atom. The Hall–Kier alpha value is -2.70. The van der Waals surface area contributed by atoms with Crippen molar-refractivity contribution in [3.8, 4) is 0 Å². The van der Waals surface area contributed by atoms with Gasteiger partial charge < -0.3 is 20.1 Å². The zero-order valence-electron chi connectivity index (χ0n) is 14.5. The molecular weight excluding hydrogens is 391 g/mol. The number of allylic oxidation sites excluding steroid dienone is 1. The van der Waals surface area contributed by atoms with Crippen LogP contribution in [0.4, 0.5) is 5.69 Å². The average Bonchev–Trinajstić information content (AvgIpc) is 2.96. The van der Waals surface area contributed by atoms with Gasteiger partial charge in [0.25, 0.3) is 5.91 Å². The summed E-state index contributed by atoms with van der Waals surface area (Å²) >= 11 is 11.8. The van der Waals surface area contributed by atoms with E-state index in [0.29, 0.717) is 26.6 Å². The van der Waals surface area contributed by atoms with Crippen LogP contribution in [0.1, 0.15) is 12.5 Å². The topological polar surface area (TPSA) is 91.4 Å². The van der Waals surface area contributed by atoms with E-state index >= 15 is 0 Å². The molecule has 27 heavy (non-hydrogen) atoms. The summed E-state index contributed by atoms with van der Waals surface area (Å²) in [6.07, 6.45) is 4.92. The van der Waals surface area contributed by atoms with Crippen LogP contribution < -0.4 is 15.9 Å². The first-order valence-corrected chi connectivity index (χ1v) is 8.68. The SMILES string of the molecule is C=C(/C=c1/[nH]cc(CC(=O)O)/c1=C/C)OCC(=O)Nc1ccc(Cl)cc1Cl. The van der Waals surface area contributed by atoms with Gasteiger partial charge in [-0.05, 0) is 35.9 Å². The van der Waals surface area contributed by atoms with Crippen molar-refractivity contribution < 1.29 is 19.4 Å². The van der Waals surface area contributed by atoms with E-state index in [2.05, 4.69) is 16.9 Å². The molecule has 0 atom stereocenters. The fourth-order valence-electron chi connectivity index (χ4n) is 2.40. The molecule has 0 radical (unpaired) electrons. The van der Waals surface area contributed by atoms with Gasteiger partial charge in [0.1, 0.15) is 5.76 Å². The maximum Gasteiger partial charge on any atom is 0.307 e. The summed E-state index contributed by atoms with van der Waals surface area (Å²) in [4.78, 5) is 25.9. The number of carbonyl (C=O) groups excluding carboxylic acids is 1. The summed E-state index contributed by atoms with van der Waals surface area (Å²) in [7, 11) is 0. The number of halogens is 2. The van der Waals surface area contributed by atoms with Gasteiger partial charge in [-0.2, -0.15) is 0 Å². The number of rotatable bonds is 7. The molecule has 1 heterocycles. The molecule has 0 aliphatic rings. The standard InChI is InChI=1S/C19H18Cl2N2O4/c1-3-14-12(7-19(25)26)9-22-17(14)6-11(2)27-10-18(24)23-16-5-4-13(20)8-15(16)21/h3-6,8-9,22H,2,7,10H2,1H3,(H,23,24)(H,25,26)/b14-3-,17-6+. The number of aromatic nitrogens is 1. The molecular formula is C19H18Cl2N2O4. The van der Waals surface area contributed by atoms with E-state index in [-0.39, 0.29) is 18.8 Å². The second-order valence-electron chi connectivity index (χ2n) is 5.57. The summed E-state index contributed by atoms with van der Waals surface area (Å²) < 4.78 is 5.35. The Balaban J connectivity index is 2.01. The number of anilines is 1. The first-order valence-electron chi connectivity index (χ1n) is 7.93. The number of nitrogens with one attached hydrogen (secondary N) is 2. The van der Waals surface area contributed by atoms with Crippen LogP contribution >= 0.6 is 23.2 Å². The highest BCUT2D eigenvalue weighted by molar-refractivity contribution is 6.36. The van der Waals surface area contributed by atoms with Gasteiger partial charge >= 0.3 is 5.97 Å². The van der Waals surface area contributed by atoms with Crippen molar-refractivity contribution >= 4 is 52.9 Å². The van der Waals surface area contributed by atoms with E-state index in [1.807, 2.05) is 0 Å². The fourth-order valence-corrected chi connectivity index (χ4v) is 2.86. The summed E-state index contributed by atoms with van der Waals surface area (Å²) in [5.74, 6) is -1.08. The van der Waals surface area contributed by atoms with Crippen LogP contribution in [0.3, 0.4) is 0 Å². The number of carbonyl (C=O) groups is 2. The number of H-pyrrole nitrogens is 1. The Morgan fingerprint density at radius 1 is 1.37 bits per heavy atom. The Kier molecular flexibility index (Phi) is 7.10. The van der Waals surface area contributed by atoms with Crippen molar-refractivity contribution in [2.24, 2.45) is 0 Å². The number of carboxylic acids is 1. The zero-order chi connectivity index (χ0) is 20.0. The van der Waals surface area contributed by atoms with Crippen LogP contribution in [0.15, 0.2) is 36.7 Å². The van der Waals surface area contributed by atoms with E-state index in [4.69, 9.17) is 33.0 Å². The van der Waals surface area contributed by atoms with Crippen molar-refractivity contribution in [2.75, 3.05) is 11.9 Å². The third-order valence-corrected chi connectivity index (χ3v) is 4.12.